The number of rotatable bonds is 6. The number of hydrazine groups is 1. The van der Waals surface area contributed by atoms with Crippen LogP contribution in [-0.2, 0) is 21.1 Å². The summed E-state index contributed by atoms with van der Waals surface area (Å²) in [5.41, 5.74) is 8.13. The molecule has 0 spiro atoms. The molecule has 0 saturated carbocycles. The number of nitrogens with zero attached hydrogens (tertiary/aromatic N) is 5. The van der Waals surface area contributed by atoms with Crippen LogP contribution in [0, 0.1) is 25.9 Å². The van der Waals surface area contributed by atoms with Crippen molar-refractivity contribution in [2.75, 3.05) is 9.93 Å². The van der Waals surface area contributed by atoms with Crippen LogP contribution in [-0.4, -0.2) is 21.4 Å². The molecule has 0 radical (unpaired) electrons. The number of hydrogen-bond donors (Lipinski definition) is 0. The van der Waals surface area contributed by atoms with E-state index in [9.17, 15) is 0 Å². The van der Waals surface area contributed by atoms with Gasteiger partial charge in [0.25, 0.3) is 0 Å². The van der Waals surface area contributed by atoms with Gasteiger partial charge in [-0.2, -0.15) is 35.4 Å². The predicted octanol–water partition coefficient (Wildman–Crippen LogP) is 7.78. The summed E-state index contributed by atoms with van der Waals surface area (Å²) < 4.78 is 8.48. The minimum atomic E-state index is -0.264. The third-order valence-electron chi connectivity index (χ3n) is 8.19. The van der Waals surface area contributed by atoms with Crippen molar-refractivity contribution in [2.45, 2.75) is 13.8 Å². The number of para-hydroxylation sites is 4. The van der Waals surface area contributed by atoms with Gasteiger partial charge in [-0.3, -0.25) is 0 Å². The molecule has 46 heavy (non-hydrogen) atoms. The predicted molar refractivity (Wildman–Crippen MR) is 182 cm³/mol. The van der Waals surface area contributed by atoms with E-state index in [1.54, 1.807) is 0 Å². The summed E-state index contributed by atoms with van der Waals surface area (Å²) in [6.45, 7) is 4.02. The third kappa shape index (κ3) is 5.17. The molecule has 0 unspecified atom stereocenters. The van der Waals surface area contributed by atoms with E-state index < -0.39 is 0 Å². The Morgan fingerprint density at radius 3 is 2.22 bits per heavy atom. The Hall–Kier alpha value is -5.13. The number of aryl methyl sites for hydroxylation is 2. The quantitative estimate of drug-likeness (QED) is 0.128. The van der Waals surface area contributed by atoms with Crippen LogP contribution in [0.1, 0.15) is 11.1 Å². The SMILES string of the molecule is Cc1cccc(C)c1N1B(c2cccc(Oc3ccc4c5ccccc5n(-c5[c-]cccc5)c4n3)n2)[C-]=CN1c1ccccc1.[Pt+2]. The fraction of sp³-hybridized carbons (Fsp3) is 0.0526. The molecule has 8 rings (SSSR count). The van der Waals surface area contributed by atoms with Crippen LogP contribution in [0.25, 0.3) is 27.6 Å². The van der Waals surface area contributed by atoms with E-state index in [-0.39, 0.29) is 27.9 Å². The van der Waals surface area contributed by atoms with Crippen molar-refractivity contribution < 1.29 is 25.8 Å². The zero-order valence-corrected chi connectivity index (χ0v) is 27.5. The van der Waals surface area contributed by atoms with Gasteiger partial charge in [0, 0.05) is 34.2 Å². The molecular formula is C38H28BN5OPt. The molecule has 0 N–H and O–H groups in total. The van der Waals surface area contributed by atoms with E-state index in [1.807, 2.05) is 79.0 Å². The Bertz CT molecular complexity index is 2180. The normalized spacial score (nSPS) is 12.6. The van der Waals surface area contributed by atoms with Gasteiger partial charge in [-0.1, -0.05) is 72.4 Å². The van der Waals surface area contributed by atoms with E-state index >= 15 is 0 Å². The van der Waals surface area contributed by atoms with E-state index in [2.05, 4.69) is 95.0 Å². The van der Waals surface area contributed by atoms with Crippen LogP contribution >= 0.6 is 0 Å². The summed E-state index contributed by atoms with van der Waals surface area (Å²) in [4.78, 5) is 12.2. The molecule has 8 heteroatoms. The second-order valence-corrected chi connectivity index (χ2v) is 11.1. The number of fused-ring (bicyclic) bond motifs is 3. The molecule has 0 amide bonds. The number of benzene rings is 4. The van der Waals surface area contributed by atoms with Gasteiger partial charge in [-0.15, -0.1) is 6.07 Å². The fourth-order valence-electron chi connectivity index (χ4n) is 6.19. The van der Waals surface area contributed by atoms with Crippen molar-refractivity contribution in [3.8, 4) is 17.4 Å². The summed E-state index contributed by atoms with van der Waals surface area (Å²) in [6.07, 6.45) is 2.00. The minimum absolute atomic E-state index is 0. The van der Waals surface area contributed by atoms with Gasteiger partial charge >= 0.3 is 21.1 Å². The van der Waals surface area contributed by atoms with E-state index in [4.69, 9.17) is 14.7 Å². The molecule has 7 aromatic rings. The fourth-order valence-corrected chi connectivity index (χ4v) is 6.19. The first-order valence-corrected chi connectivity index (χ1v) is 15.0. The largest absolute Gasteiger partial charge is 2.00 e. The Morgan fingerprint density at radius 2 is 1.41 bits per heavy atom. The Balaban J connectivity index is 0.00000338. The third-order valence-corrected chi connectivity index (χ3v) is 8.19. The standard InChI is InChI=1S/C38H28BN5O.Pt/c1-27-13-11-14-28(2)37(27)44-39(25-26-42(44)29-15-5-3-6-16-29)34-21-12-22-35(40-34)45-36-24-23-32-31-19-9-10-20-33(31)43(38(32)41-36)30-17-7-4-8-18-30;/h3-17,19-24,26H,1-2H3;/q-2;+2. The smallest absolute Gasteiger partial charge is 0.472 e. The molecule has 4 heterocycles. The molecule has 4 aromatic carbocycles. The molecule has 1 aliphatic rings. The van der Waals surface area contributed by atoms with Crippen molar-refractivity contribution >= 4 is 45.8 Å². The van der Waals surface area contributed by atoms with Gasteiger partial charge < -0.3 is 25.2 Å². The van der Waals surface area contributed by atoms with Gasteiger partial charge in [0.2, 0.25) is 11.8 Å². The van der Waals surface area contributed by atoms with Crippen molar-refractivity contribution in [2.24, 2.45) is 0 Å². The Kier molecular flexibility index (Phi) is 7.94. The van der Waals surface area contributed by atoms with Crippen molar-refractivity contribution in [3.05, 3.63) is 157 Å². The number of aromatic nitrogens is 3. The Morgan fingerprint density at radius 1 is 0.674 bits per heavy atom. The van der Waals surface area contributed by atoms with E-state index in [0.29, 0.717) is 11.8 Å². The number of hydrogen-bond acceptors (Lipinski definition) is 5. The van der Waals surface area contributed by atoms with Crippen LogP contribution in [0.4, 0.5) is 11.4 Å². The van der Waals surface area contributed by atoms with Crippen LogP contribution < -0.4 is 20.3 Å². The molecule has 0 aliphatic carbocycles. The van der Waals surface area contributed by atoms with Crippen LogP contribution in [0.3, 0.4) is 0 Å². The molecular weight excluding hydrogens is 748 g/mol. The Labute approximate surface area is 282 Å². The average Bonchev–Trinajstić information content (AvgIpc) is 3.65. The van der Waals surface area contributed by atoms with Crippen molar-refractivity contribution in [3.63, 3.8) is 0 Å². The van der Waals surface area contributed by atoms with Gasteiger partial charge in [-0.25, -0.2) is 4.98 Å². The van der Waals surface area contributed by atoms with E-state index in [0.717, 1.165) is 44.6 Å². The van der Waals surface area contributed by atoms with Crippen molar-refractivity contribution in [1.29, 1.82) is 0 Å². The summed E-state index contributed by atoms with van der Waals surface area (Å²) in [7, 11) is 0. The molecule has 1 aliphatic heterocycles. The van der Waals surface area contributed by atoms with Gasteiger partial charge in [0.1, 0.15) is 5.65 Å². The summed E-state index contributed by atoms with van der Waals surface area (Å²) >= 11 is 0. The van der Waals surface area contributed by atoms with Crippen molar-refractivity contribution in [1.82, 2.24) is 14.5 Å². The molecule has 0 fully saturated rings. The summed E-state index contributed by atoms with van der Waals surface area (Å²) in [6, 6.07) is 46.1. The zero-order chi connectivity index (χ0) is 30.3. The molecule has 0 bridgehead atoms. The maximum atomic E-state index is 6.36. The van der Waals surface area contributed by atoms with Gasteiger partial charge in [0.05, 0.1) is 11.2 Å². The maximum Gasteiger partial charge on any atom is 2.00 e. The van der Waals surface area contributed by atoms with Crippen LogP contribution in [0.2, 0.25) is 0 Å². The maximum absolute atomic E-state index is 6.36. The summed E-state index contributed by atoms with van der Waals surface area (Å²) in [5.74, 6) is 4.50. The minimum Gasteiger partial charge on any atom is -0.472 e. The summed E-state index contributed by atoms with van der Waals surface area (Å²) in [5, 5.41) is 4.32. The van der Waals surface area contributed by atoms with Crippen LogP contribution in [0.15, 0.2) is 134 Å². The molecule has 0 atom stereocenters. The first kappa shape index (κ1) is 29.6. The monoisotopic (exact) mass is 776 g/mol. The zero-order valence-electron chi connectivity index (χ0n) is 25.2. The first-order valence-electron chi connectivity index (χ1n) is 15.0. The van der Waals surface area contributed by atoms with Crippen LogP contribution in [0.5, 0.6) is 11.8 Å². The molecule has 224 valence electrons. The topological polar surface area (TPSA) is 46.4 Å². The average molecular weight is 777 g/mol. The molecule has 6 nitrogen and oxygen atoms in total. The second kappa shape index (κ2) is 12.3. The van der Waals surface area contributed by atoms with Gasteiger partial charge in [-0.05, 0) is 49.2 Å². The van der Waals surface area contributed by atoms with Gasteiger partial charge in [0.15, 0.2) is 6.85 Å². The number of ether oxygens (including phenoxy) is 1. The first-order chi connectivity index (χ1) is 22.2. The molecule has 3 aromatic heterocycles. The number of pyridine rings is 2. The number of anilines is 2. The van der Waals surface area contributed by atoms with E-state index in [1.165, 1.54) is 11.1 Å². The second-order valence-electron chi connectivity index (χ2n) is 11.1. The molecule has 0 saturated heterocycles.